The molecule has 1 aliphatic heterocycles. The number of hydrogen-bond donors (Lipinski definition) is 0. The van der Waals surface area contributed by atoms with Gasteiger partial charge in [-0.25, -0.2) is 9.40 Å². The molecule has 7 heteroatoms. The molecule has 6 nitrogen and oxygen atoms in total. The van der Waals surface area contributed by atoms with Gasteiger partial charge in [0.1, 0.15) is 11.5 Å². The molecule has 5 rings (SSSR count). The highest BCUT2D eigenvalue weighted by atomic mass is 19.1. The lowest BCUT2D eigenvalue weighted by molar-refractivity contribution is -0.135. The molecule has 3 aromatic carbocycles. The Hall–Kier alpha value is -4.13. The van der Waals surface area contributed by atoms with Gasteiger partial charge in [0, 0.05) is 5.92 Å². The molecular formula is C32H33FN2O4. The highest BCUT2D eigenvalue weighted by Crippen LogP contribution is 2.44. The zero-order valence-corrected chi connectivity index (χ0v) is 22.3. The number of carbonyl (C=O) groups is 1. The third-order valence-electron chi connectivity index (χ3n) is 7.01. The number of nitrogens with zero attached hydrogens (tertiary/aromatic N) is 2. The second-order valence-corrected chi connectivity index (χ2v) is 9.56. The van der Waals surface area contributed by atoms with Crippen LogP contribution < -0.4 is 14.2 Å². The van der Waals surface area contributed by atoms with E-state index in [2.05, 4.69) is 6.08 Å². The summed E-state index contributed by atoms with van der Waals surface area (Å²) in [7, 11) is 0. The van der Waals surface area contributed by atoms with E-state index in [1.165, 1.54) is 17.1 Å². The van der Waals surface area contributed by atoms with Crippen LogP contribution in [-0.2, 0) is 4.79 Å². The van der Waals surface area contributed by atoms with Crippen LogP contribution >= 0.6 is 0 Å². The summed E-state index contributed by atoms with van der Waals surface area (Å²) in [5.41, 5.74) is 4.08. The van der Waals surface area contributed by atoms with Crippen molar-refractivity contribution >= 4 is 17.7 Å². The topological polar surface area (TPSA) is 60.4 Å². The number of hydrogen-bond acceptors (Lipinski definition) is 5. The predicted molar refractivity (Wildman–Crippen MR) is 149 cm³/mol. The Labute approximate surface area is 228 Å². The van der Waals surface area contributed by atoms with Crippen molar-refractivity contribution in [2.24, 2.45) is 11.0 Å². The van der Waals surface area contributed by atoms with E-state index in [0.29, 0.717) is 13.2 Å². The van der Waals surface area contributed by atoms with E-state index in [9.17, 15) is 9.18 Å². The quantitative estimate of drug-likeness (QED) is 0.306. The summed E-state index contributed by atoms with van der Waals surface area (Å²) in [6, 6.07) is 21.6. The number of allylic oxidation sites excluding steroid dienone is 1. The summed E-state index contributed by atoms with van der Waals surface area (Å²) < 4.78 is 30.9. The van der Waals surface area contributed by atoms with Gasteiger partial charge in [-0.1, -0.05) is 36.4 Å². The highest BCUT2D eigenvalue weighted by molar-refractivity contribution is 6.08. The number of amides is 1. The van der Waals surface area contributed by atoms with Gasteiger partial charge >= 0.3 is 0 Å². The molecule has 39 heavy (non-hydrogen) atoms. The SMILES string of the molecule is CCOc1ccc(/C=C2\CCCC3C2=NN(C(=O)COc2ccccc2F)C3c2ccc(OCC)cc2)cc1. The van der Waals surface area contributed by atoms with Crippen molar-refractivity contribution in [2.75, 3.05) is 19.8 Å². The molecule has 3 aromatic rings. The average molecular weight is 529 g/mol. The van der Waals surface area contributed by atoms with Crippen LogP contribution in [0.2, 0.25) is 0 Å². The molecule has 0 bridgehead atoms. The second-order valence-electron chi connectivity index (χ2n) is 9.56. The van der Waals surface area contributed by atoms with Gasteiger partial charge in [0.25, 0.3) is 5.91 Å². The molecule has 1 amide bonds. The molecular weight excluding hydrogens is 495 g/mol. The van der Waals surface area contributed by atoms with Crippen LogP contribution in [0.1, 0.15) is 50.3 Å². The summed E-state index contributed by atoms with van der Waals surface area (Å²) in [5.74, 6) is 0.879. The maximum absolute atomic E-state index is 14.1. The number of rotatable bonds is 9. The van der Waals surface area contributed by atoms with Crippen molar-refractivity contribution in [1.82, 2.24) is 5.01 Å². The zero-order chi connectivity index (χ0) is 27.2. The summed E-state index contributed by atoms with van der Waals surface area (Å²) in [6.07, 6.45) is 4.94. The third kappa shape index (κ3) is 5.98. The molecule has 1 heterocycles. The van der Waals surface area contributed by atoms with E-state index in [1.807, 2.05) is 62.4 Å². The van der Waals surface area contributed by atoms with E-state index in [1.54, 1.807) is 12.1 Å². The van der Waals surface area contributed by atoms with Crippen LogP contribution in [0.5, 0.6) is 17.2 Å². The smallest absolute Gasteiger partial charge is 0.281 e. The summed E-state index contributed by atoms with van der Waals surface area (Å²) in [5, 5.41) is 6.42. The number of benzene rings is 3. The Morgan fingerprint density at radius 2 is 1.62 bits per heavy atom. The number of hydrazone groups is 1. The third-order valence-corrected chi connectivity index (χ3v) is 7.01. The van der Waals surface area contributed by atoms with E-state index in [0.717, 1.165) is 53.2 Å². The first-order chi connectivity index (χ1) is 19.1. The second kappa shape index (κ2) is 12.2. The first-order valence-corrected chi connectivity index (χ1v) is 13.5. The maximum Gasteiger partial charge on any atom is 0.281 e. The normalized spacial score (nSPS) is 19.4. The number of para-hydroxylation sites is 1. The van der Waals surface area contributed by atoms with Crippen LogP contribution in [0, 0.1) is 11.7 Å². The van der Waals surface area contributed by atoms with Crippen molar-refractivity contribution in [2.45, 2.75) is 39.2 Å². The zero-order valence-electron chi connectivity index (χ0n) is 22.3. The number of carbonyl (C=O) groups excluding carboxylic acids is 1. The fourth-order valence-electron chi connectivity index (χ4n) is 5.26. The van der Waals surface area contributed by atoms with Gasteiger partial charge in [0.05, 0.1) is 25.0 Å². The van der Waals surface area contributed by atoms with Crippen LogP contribution in [0.4, 0.5) is 4.39 Å². The van der Waals surface area contributed by atoms with Gasteiger partial charge in [-0.2, -0.15) is 5.10 Å². The first kappa shape index (κ1) is 26.5. The lowest BCUT2D eigenvalue weighted by Gasteiger charge is -2.29. The number of ether oxygens (including phenoxy) is 3. The molecule has 2 aliphatic rings. The van der Waals surface area contributed by atoms with Gasteiger partial charge in [0.15, 0.2) is 18.2 Å². The van der Waals surface area contributed by atoms with E-state index in [4.69, 9.17) is 19.3 Å². The van der Waals surface area contributed by atoms with Crippen LogP contribution in [0.25, 0.3) is 6.08 Å². The monoisotopic (exact) mass is 528 g/mol. The molecule has 202 valence electrons. The van der Waals surface area contributed by atoms with Crippen molar-refractivity contribution in [3.05, 3.63) is 95.3 Å². The minimum absolute atomic E-state index is 0.0445. The van der Waals surface area contributed by atoms with Crippen molar-refractivity contribution in [3.8, 4) is 17.2 Å². The molecule has 0 saturated heterocycles. The predicted octanol–water partition coefficient (Wildman–Crippen LogP) is 6.83. The Morgan fingerprint density at radius 3 is 2.28 bits per heavy atom. The minimum atomic E-state index is -0.504. The lowest BCUT2D eigenvalue weighted by atomic mass is 9.77. The van der Waals surface area contributed by atoms with Crippen molar-refractivity contribution < 1.29 is 23.4 Å². The minimum Gasteiger partial charge on any atom is -0.494 e. The fraction of sp³-hybridized carbons (Fsp3) is 0.312. The van der Waals surface area contributed by atoms with Crippen molar-refractivity contribution in [1.29, 1.82) is 0 Å². The van der Waals surface area contributed by atoms with Gasteiger partial charge in [-0.15, -0.1) is 0 Å². The Kier molecular flexibility index (Phi) is 8.25. The van der Waals surface area contributed by atoms with Gasteiger partial charge in [-0.05, 0) is 92.3 Å². The molecule has 2 unspecified atom stereocenters. The Balaban J connectivity index is 1.45. The molecule has 2 atom stereocenters. The van der Waals surface area contributed by atoms with E-state index >= 15 is 0 Å². The molecule has 0 aromatic heterocycles. The van der Waals surface area contributed by atoms with Gasteiger partial charge in [-0.3, -0.25) is 4.79 Å². The largest absolute Gasteiger partial charge is 0.494 e. The number of fused-ring (bicyclic) bond motifs is 1. The Bertz CT molecular complexity index is 1350. The van der Waals surface area contributed by atoms with Crippen LogP contribution in [-0.4, -0.2) is 36.4 Å². The maximum atomic E-state index is 14.1. The highest BCUT2D eigenvalue weighted by Gasteiger charge is 2.43. The van der Waals surface area contributed by atoms with Crippen LogP contribution in [0.3, 0.4) is 0 Å². The van der Waals surface area contributed by atoms with Gasteiger partial charge < -0.3 is 14.2 Å². The first-order valence-electron chi connectivity index (χ1n) is 13.5. The van der Waals surface area contributed by atoms with E-state index < -0.39 is 5.82 Å². The van der Waals surface area contributed by atoms with Crippen molar-refractivity contribution in [3.63, 3.8) is 0 Å². The molecule has 1 saturated carbocycles. The lowest BCUT2D eigenvalue weighted by Crippen LogP contribution is -2.34. The Morgan fingerprint density at radius 1 is 0.949 bits per heavy atom. The van der Waals surface area contributed by atoms with E-state index in [-0.39, 0.29) is 30.2 Å². The summed E-state index contributed by atoms with van der Waals surface area (Å²) >= 11 is 0. The standard InChI is InChI=1S/C32H33FN2O4/c1-3-37-25-16-12-22(13-17-25)20-24-8-7-9-27-31(24)34-35(30(36)21-39-29-11-6-5-10-28(29)33)32(27)23-14-18-26(19-15-23)38-4-2/h5-6,10-20,27,32H,3-4,7-9,21H2,1-2H3/b24-20+. The summed E-state index contributed by atoms with van der Waals surface area (Å²) in [6.45, 7) is 4.80. The van der Waals surface area contributed by atoms with Gasteiger partial charge in [0.2, 0.25) is 0 Å². The molecule has 1 fully saturated rings. The molecule has 0 radical (unpaired) electrons. The average Bonchev–Trinajstić information content (AvgIpc) is 3.35. The molecule has 0 N–H and O–H groups in total. The fourth-order valence-corrected chi connectivity index (χ4v) is 5.26. The number of halogens is 1. The van der Waals surface area contributed by atoms with Crippen LogP contribution in [0.15, 0.2) is 83.5 Å². The molecule has 0 spiro atoms. The summed E-state index contributed by atoms with van der Waals surface area (Å²) in [4.78, 5) is 13.5. The molecule has 1 aliphatic carbocycles.